The van der Waals surface area contributed by atoms with Gasteiger partial charge in [-0.1, -0.05) is 32.0 Å². The minimum atomic E-state index is -0.648. The highest BCUT2D eigenvalue weighted by Crippen LogP contribution is 2.08. The zero-order valence-electron chi connectivity index (χ0n) is 9.80. The number of amides is 1. The molecule has 0 saturated heterocycles. The molecule has 1 aromatic rings. The molecule has 4 nitrogen and oxygen atoms in total. The van der Waals surface area contributed by atoms with E-state index in [0.717, 1.165) is 0 Å². The maximum Gasteiger partial charge on any atom is 0.420 e. The van der Waals surface area contributed by atoms with Crippen LogP contribution in [0.25, 0.3) is 0 Å². The van der Waals surface area contributed by atoms with Crippen molar-refractivity contribution in [1.82, 2.24) is 5.32 Å². The molecule has 17 heavy (non-hydrogen) atoms. The predicted octanol–water partition coefficient (Wildman–Crippen LogP) is 2.73. The largest absolute Gasteiger partial charge is 0.470 e. The van der Waals surface area contributed by atoms with E-state index in [2.05, 4.69) is 5.32 Å². The van der Waals surface area contributed by atoms with Crippen molar-refractivity contribution >= 4 is 23.5 Å². The van der Waals surface area contributed by atoms with Gasteiger partial charge in [-0.3, -0.25) is 5.32 Å². The van der Waals surface area contributed by atoms with Crippen LogP contribution in [0.15, 0.2) is 30.3 Å². The topological polar surface area (TPSA) is 47.6 Å². The minimum Gasteiger partial charge on any atom is -0.470 e. The van der Waals surface area contributed by atoms with Crippen molar-refractivity contribution < 1.29 is 14.3 Å². The van der Waals surface area contributed by atoms with Gasteiger partial charge in [0.2, 0.25) is 0 Å². The molecular formula is C12H15NO3S. The van der Waals surface area contributed by atoms with Crippen LogP contribution in [0.4, 0.5) is 4.79 Å². The number of ether oxygens (including phenoxy) is 2. The van der Waals surface area contributed by atoms with E-state index in [-0.39, 0.29) is 5.17 Å². The fourth-order valence-corrected chi connectivity index (χ4v) is 1.13. The van der Waals surface area contributed by atoms with Crippen molar-refractivity contribution in [2.24, 2.45) is 5.92 Å². The average Bonchev–Trinajstić information content (AvgIpc) is 2.27. The Labute approximate surface area is 106 Å². The standard InChI is InChI=1S/C12H15NO3S/c1-9(2)8-15-12(17)13-11(14)16-10-6-4-3-5-7-10/h3-7,9H,8H2,1-2H3,(H,13,14,17). The number of carbonyl (C=O) groups is 1. The van der Waals surface area contributed by atoms with Crippen LogP contribution in [0.1, 0.15) is 13.8 Å². The normalized spacial score (nSPS) is 9.82. The predicted molar refractivity (Wildman–Crippen MR) is 69.0 cm³/mol. The molecule has 0 spiro atoms. The second kappa shape index (κ2) is 6.85. The Hall–Kier alpha value is -1.62. The molecule has 0 heterocycles. The first kappa shape index (κ1) is 13.4. The first-order valence-electron chi connectivity index (χ1n) is 5.28. The van der Waals surface area contributed by atoms with Crippen LogP contribution in [-0.2, 0) is 4.74 Å². The molecule has 1 aromatic carbocycles. The Bertz CT molecular complexity index is 379. The Kier molecular flexibility index (Phi) is 5.42. The minimum absolute atomic E-state index is 0.0274. The molecule has 0 unspecified atom stereocenters. The molecule has 0 radical (unpaired) electrons. The average molecular weight is 253 g/mol. The van der Waals surface area contributed by atoms with Crippen LogP contribution < -0.4 is 10.1 Å². The van der Waals surface area contributed by atoms with Crippen molar-refractivity contribution in [2.75, 3.05) is 6.61 Å². The summed E-state index contributed by atoms with van der Waals surface area (Å²) >= 11 is 4.83. The highest BCUT2D eigenvalue weighted by atomic mass is 32.1. The van der Waals surface area contributed by atoms with E-state index in [1.165, 1.54) is 0 Å². The molecule has 1 rings (SSSR count). The van der Waals surface area contributed by atoms with E-state index in [0.29, 0.717) is 18.3 Å². The number of hydrogen-bond acceptors (Lipinski definition) is 4. The third kappa shape index (κ3) is 5.87. The molecule has 0 bridgehead atoms. The van der Waals surface area contributed by atoms with E-state index >= 15 is 0 Å². The molecule has 0 saturated carbocycles. The zero-order chi connectivity index (χ0) is 12.7. The van der Waals surface area contributed by atoms with Crippen LogP contribution >= 0.6 is 12.2 Å². The second-order valence-electron chi connectivity index (χ2n) is 3.82. The molecule has 1 N–H and O–H groups in total. The van der Waals surface area contributed by atoms with Gasteiger partial charge in [-0.05, 0) is 30.3 Å². The summed E-state index contributed by atoms with van der Waals surface area (Å²) in [4.78, 5) is 11.4. The lowest BCUT2D eigenvalue weighted by molar-refractivity contribution is 0.199. The smallest absolute Gasteiger partial charge is 0.420 e. The first-order chi connectivity index (χ1) is 8.08. The quantitative estimate of drug-likeness (QED) is 0.841. The number of hydrogen-bond donors (Lipinski definition) is 1. The number of rotatable bonds is 3. The fourth-order valence-electron chi connectivity index (χ4n) is 0.983. The maximum atomic E-state index is 11.4. The maximum absolute atomic E-state index is 11.4. The first-order valence-corrected chi connectivity index (χ1v) is 5.69. The van der Waals surface area contributed by atoms with E-state index < -0.39 is 6.09 Å². The van der Waals surface area contributed by atoms with Gasteiger partial charge in [-0.2, -0.15) is 0 Å². The summed E-state index contributed by atoms with van der Waals surface area (Å²) in [6.07, 6.45) is -0.648. The molecule has 0 fully saturated rings. The third-order valence-electron chi connectivity index (χ3n) is 1.71. The fraction of sp³-hybridized carbons (Fsp3) is 0.333. The molecular weight excluding hydrogens is 238 g/mol. The number of carbonyl (C=O) groups excluding carboxylic acids is 1. The summed E-state index contributed by atoms with van der Waals surface area (Å²) in [6.45, 7) is 4.44. The molecule has 5 heteroatoms. The summed E-state index contributed by atoms with van der Waals surface area (Å²) in [5, 5.41) is 2.36. The van der Waals surface area contributed by atoms with Gasteiger partial charge in [-0.15, -0.1) is 0 Å². The number of nitrogens with one attached hydrogen (secondary N) is 1. The van der Waals surface area contributed by atoms with Gasteiger partial charge in [0.15, 0.2) is 0 Å². The lowest BCUT2D eigenvalue weighted by atomic mass is 10.2. The van der Waals surface area contributed by atoms with Crippen molar-refractivity contribution in [2.45, 2.75) is 13.8 Å². The molecule has 1 amide bonds. The SMILES string of the molecule is CC(C)COC(=S)NC(=O)Oc1ccccc1. The van der Waals surface area contributed by atoms with Crippen LogP contribution in [0.3, 0.4) is 0 Å². The lowest BCUT2D eigenvalue weighted by Gasteiger charge is -2.10. The Morgan fingerprint density at radius 2 is 2.00 bits per heavy atom. The Morgan fingerprint density at radius 3 is 2.59 bits per heavy atom. The van der Waals surface area contributed by atoms with Crippen molar-refractivity contribution in [3.8, 4) is 5.75 Å². The highest BCUT2D eigenvalue weighted by Gasteiger charge is 2.07. The summed E-state index contributed by atoms with van der Waals surface area (Å²) in [6, 6.07) is 8.74. The van der Waals surface area contributed by atoms with E-state index in [1.807, 2.05) is 19.9 Å². The second-order valence-corrected chi connectivity index (χ2v) is 4.19. The Balaban J connectivity index is 2.32. The lowest BCUT2D eigenvalue weighted by Crippen LogP contribution is -2.33. The van der Waals surface area contributed by atoms with Crippen molar-refractivity contribution in [3.63, 3.8) is 0 Å². The van der Waals surface area contributed by atoms with Gasteiger partial charge < -0.3 is 9.47 Å². The van der Waals surface area contributed by atoms with Gasteiger partial charge in [0.25, 0.3) is 5.17 Å². The third-order valence-corrected chi connectivity index (χ3v) is 1.93. The summed E-state index contributed by atoms with van der Waals surface area (Å²) < 4.78 is 10.1. The monoisotopic (exact) mass is 253 g/mol. The summed E-state index contributed by atoms with van der Waals surface area (Å²) in [5.74, 6) is 0.802. The highest BCUT2D eigenvalue weighted by molar-refractivity contribution is 7.80. The Morgan fingerprint density at radius 1 is 1.35 bits per heavy atom. The van der Waals surface area contributed by atoms with E-state index in [4.69, 9.17) is 21.7 Å². The van der Waals surface area contributed by atoms with Crippen molar-refractivity contribution in [3.05, 3.63) is 30.3 Å². The van der Waals surface area contributed by atoms with Crippen LogP contribution in [-0.4, -0.2) is 17.9 Å². The van der Waals surface area contributed by atoms with Gasteiger partial charge in [0.1, 0.15) is 5.75 Å². The van der Waals surface area contributed by atoms with Crippen LogP contribution in [0.2, 0.25) is 0 Å². The van der Waals surface area contributed by atoms with E-state index in [1.54, 1.807) is 24.3 Å². The molecule has 0 atom stereocenters. The molecule has 0 aromatic heterocycles. The van der Waals surface area contributed by atoms with Crippen LogP contribution in [0, 0.1) is 5.92 Å². The van der Waals surface area contributed by atoms with Gasteiger partial charge >= 0.3 is 6.09 Å². The number of benzene rings is 1. The van der Waals surface area contributed by atoms with Gasteiger partial charge in [0.05, 0.1) is 6.61 Å². The molecule has 0 aliphatic heterocycles. The van der Waals surface area contributed by atoms with Gasteiger partial charge in [0, 0.05) is 0 Å². The van der Waals surface area contributed by atoms with Crippen molar-refractivity contribution in [1.29, 1.82) is 0 Å². The molecule has 0 aliphatic rings. The van der Waals surface area contributed by atoms with Gasteiger partial charge in [-0.25, -0.2) is 4.79 Å². The van der Waals surface area contributed by atoms with E-state index in [9.17, 15) is 4.79 Å². The summed E-state index contributed by atoms with van der Waals surface area (Å²) in [7, 11) is 0. The number of para-hydroxylation sites is 1. The molecule has 92 valence electrons. The number of thiocarbonyl (C=S) groups is 1. The van der Waals surface area contributed by atoms with Crippen LogP contribution in [0.5, 0.6) is 5.75 Å². The summed E-state index contributed by atoms with van der Waals surface area (Å²) in [5.41, 5.74) is 0. The molecule has 0 aliphatic carbocycles. The zero-order valence-corrected chi connectivity index (χ0v) is 10.6.